The highest BCUT2D eigenvalue weighted by Crippen LogP contribution is 2.36. The average Bonchev–Trinajstić information content (AvgIpc) is 3.38. The van der Waals surface area contributed by atoms with Crippen LogP contribution in [0.25, 0.3) is 11.1 Å². The lowest BCUT2D eigenvalue weighted by atomic mass is 9.94. The molecule has 0 amide bonds. The van der Waals surface area contributed by atoms with Crippen LogP contribution in [0.1, 0.15) is 39.8 Å². The third kappa shape index (κ3) is 6.91. The van der Waals surface area contributed by atoms with Gasteiger partial charge in [0.25, 0.3) is 0 Å². The van der Waals surface area contributed by atoms with E-state index < -0.39 is 0 Å². The molecule has 1 saturated heterocycles. The molecule has 1 fully saturated rings. The van der Waals surface area contributed by atoms with E-state index in [1.165, 1.54) is 17.3 Å². The zero-order valence-electron chi connectivity index (χ0n) is 23.0. The number of nitriles is 1. The minimum Gasteiger partial charge on any atom is -0.488 e. The summed E-state index contributed by atoms with van der Waals surface area (Å²) in [4.78, 5) is 6.32. The predicted molar refractivity (Wildman–Crippen MR) is 164 cm³/mol. The van der Waals surface area contributed by atoms with Gasteiger partial charge in [0.2, 0.25) is 0 Å². The maximum absolute atomic E-state index is 10.0. The number of rotatable bonds is 9. The van der Waals surface area contributed by atoms with Crippen molar-refractivity contribution in [3.05, 3.63) is 110 Å². The highest BCUT2D eigenvalue weighted by molar-refractivity contribution is 9.10. The first-order chi connectivity index (χ1) is 19.8. The molecular weight excluding hydrogens is 602 g/mol. The lowest BCUT2D eigenvalue weighted by Crippen LogP contribution is -2.22. The first-order valence-electron chi connectivity index (χ1n) is 13.5. The van der Waals surface area contributed by atoms with Crippen LogP contribution < -0.4 is 9.47 Å². The molecule has 0 bridgehead atoms. The van der Waals surface area contributed by atoms with E-state index in [1.807, 2.05) is 18.2 Å². The molecule has 210 valence electrons. The molecule has 6 nitrogen and oxygen atoms in total. The second-order valence-corrected chi connectivity index (χ2v) is 11.6. The van der Waals surface area contributed by atoms with Crippen molar-refractivity contribution in [2.45, 2.75) is 46.1 Å². The summed E-state index contributed by atoms with van der Waals surface area (Å²) in [5, 5.41) is 19.7. The molecule has 8 heteroatoms. The van der Waals surface area contributed by atoms with Crippen molar-refractivity contribution in [1.82, 2.24) is 9.88 Å². The quantitative estimate of drug-likeness (QED) is 0.208. The van der Waals surface area contributed by atoms with Crippen molar-refractivity contribution in [3.63, 3.8) is 0 Å². The zero-order chi connectivity index (χ0) is 28.9. The molecule has 0 aliphatic carbocycles. The molecule has 3 aromatic carbocycles. The van der Waals surface area contributed by atoms with Gasteiger partial charge in [-0.15, -0.1) is 0 Å². The summed E-state index contributed by atoms with van der Waals surface area (Å²) in [6, 6.07) is 20.1. The highest BCUT2D eigenvalue weighted by Gasteiger charge is 2.22. The first kappa shape index (κ1) is 29.1. The summed E-state index contributed by atoms with van der Waals surface area (Å²) in [7, 11) is 0. The summed E-state index contributed by atoms with van der Waals surface area (Å²) in [6.45, 7) is 6.82. The van der Waals surface area contributed by atoms with Gasteiger partial charge in [-0.3, -0.25) is 9.88 Å². The lowest BCUT2D eigenvalue weighted by molar-refractivity contribution is 0.174. The third-order valence-corrected chi connectivity index (χ3v) is 8.62. The molecule has 41 heavy (non-hydrogen) atoms. The predicted octanol–water partition coefficient (Wildman–Crippen LogP) is 7.38. The number of aliphatic hydroxyl groups is 1. The molecule has 1 aromatic heterocycles. The van der Waals surface area contributed by atoms with Gasteiger partial charge < -0.3 is 14.6 Å². The van der Waals surface area contributed by atoms with Gasteiger partial charge in [-0.25, -0.2) is 0 Å². The third-order valence-electron chi connectivity index (χ3n) is 7.46. The smallest absolute Gasteiger partial charge is 0.142 e. The average molecular weight is 633 g/mol. The molecule has 1 atom stereocenters. The van der Waals surface area contributed by atoms with Gasteiger partial charge in [0.05, 0.1) is 16.7 Å². The van der Waals surface area contributed by atoms with Crippen LogP contribution in [0.15, 0.2) is 71.5 Å². The largest absolute Gasteiger partial charge is 0.488 e. The molecule has 1 unspecified atom stereocenters. The van der Waals surface area contributed by atoms with Gasteiger partial charge in [0.15, 0.2) is 0 Å². The van der Waals surface area contributed by atoms with Crippen LogP contribution in [0.3, 0.4) is 0 Å². The molecule has 1 N–H and O–H groups in total. The van der Waals surface area contributed by atoms with Crippen LogP contribution in [0.2, 0.25) is 5.02 Å². The van der Waals surface area contributed by atoms with Gasteiger partial charge in [-0.1, -0.05) is 57.9 Å². The van der Waals surface area contributed by atoms with E-state index in [4.69, 9.17) is 21.1 Å². The van der Waals surface area contributed by atoms with Crippen molar-refractivity contribution in [1.29, 1.82) is 5.26 Å². The van der Waals surface area contributed by atoms with Gasteiger partial charge in [-0.2, -0.15) is 5.26 Å². The summed E-state index contributed by atoms with van der Waals surface area (Å²) >= 11 is 10.4. The Labute approximate surface area is 254 Å². The van der Waals surface area contributed by atoms with Gasteiger partial charge in [0.1, 0.15) is 30.8 Å². The normalized spacial score (nSPS) is 15.1. The fraction of sp³-hybridized carbons (Fsp3) is 0.273. The van der Waals surface area contributed by atoms with E-state index >= 15 is 0 Å². The van der Waals surface area contributed by atoms with Gasteiger partial charge in [0, 0.05) is 53.7 Å². The standard InChI is InChI=1S/C33H31BrClN3O3/c1-21-25(5-3-6-28(21)29-7-4-8-30(34)22(29)2)20-41-33-13-32(40-19-24-11-23(14-36)15-37-16-24)26(12-31(33)35)17-38-10-9-27(39)18-38/h3-8,11-13,15-16,27,39H,9-10,17-20H2,1-2H3. The lowest BCUT2D eigenvalue weighted by Gasteiger charge is -2.20. The molecule has 2 heterocycles. The van der Waals surface area contributed by atoms with Crippen LogP contribution >= 0.6 is 27.5 Å². The number of hydrogen-bond donors (Lipinski definition) is 1. The van der Waals surface area contributed by atoms with Crippen molar-refractivity contribution in [3.8, 4) is 28.7 Å². The Bertz CT molecular complexity index is 1600. The molecule has 5 rings (SSSR count). The SMILES string of the molecule is Cc1c(Br)cccc1-c1cccc(COc2cc(OCc3cncc(C#N)c3)c(CN3CCC(O)C3)cc2Cl)c1C. The van der Waals surface area contributed by atoms with Crippen molar-refractivity contribution in [2.24, 2.45) is 0 Å². The second kappa shape index (κ2) is 13.1. The number of aliphatic hydroxyl groups excluding tert-OH is 1. The fourth-order valence-corrected chi connectivity index (χ4v) is 5.72. The number of β-amino-alcohol motifs (C(OH)–C–C–N with tert-alkyl or cyclic N) is 1. The number of benzene rings is 3. The highest BCUT2D eigenvalue weighted by atomic mass is 79.9. The number of likely N-dealkylation sites (tertiary alicyclic amines) is 1. The van der Waals surface area contributed by atoms with E-state index in [-0.39, 0.29) is 12.7 Å². The molecule has 1 aliphatic rings. The monoisotopic (exact) mass is 631 g/mol. The summed E-state index contributed by atoms with van der Waals surface area (Å²) < 4.78 is 13.6. The van der Waals surface area contributed by atoms with E-state index in [0.717, 1.165) is 45.3 Å². The van der Waals surface area contributed by atoms with Crippen LogP contribution in [0, 0.1) is 25.2 Å². The van der Waals surface area contributed by atoms with Gasteiger partial charge in [-0.05, 0) is 66.3 Å². The molecule has 1 aliphatic heterocycles. The maximum Gasteiger partial charge on any atom is 0.142 e. The van der Waals surface area contributed by atoms with Crippen LogP contribution in [0.4, 0.5) is 0 Å². The Morgan fingerprint density at radius 2 is 1.76 bits per heavy atom. The Morgan fingerprint density at radius 1 is 1.00 bits per heavy atom. The minimum absolute atomic E-state index is 0.242. The topological polar surface area (TPSA) is 78.6 Å². The number of hydrogen-bond acceptors (Lipinski definition) is 6. The van der Waals surface area contributed by atoms with E-state index in [2.05, 4.69) is 76.1 Å². The Hall–Kier alpha value is -3.41. The molecule has 4 aromatic rings. The Balaban J connectivity index is 1.39. The molecule has 0 radical (unpaired) electrons. The fourth-order valence-electron chi connectivity index (χ4n) is 5.12. The number of nitrogens with zero attached hydrogens (tertiary/aromatic N) is 3. The summed E-state index contributed by atoms with van der Waals surface area (Å²) in [5.74, 6) is 1.17. The first-order valence-corrected chi connectivity index (χ1v) is 14.7. The van der Waals surface area contributed by atoms with Crippen LogP contribution in [-0.2, 0) is 19.8 Å². The van der Waals surface area contributed by atoms with Crippen molar-refractivity contribution >= 4 is 27.5 Å². The maximum atomic E-state index is 10.0. The Morgan fingerprint density at radius 3 is 2.51 bits per heavy atom. The summed E-state index contributed by atoms with van der Waals surface area (Å²) in [5.41, 5.74) is 7.92. The number of pyridine rings is 1. The van der Waals surface area contributed by atoms with Crippen molar-refractivity contribution in [2.75, 3.05) is 13.1 Å². The van der Waals surface area contributed by atoms with E-state index in [1.54, 1.807) is 12.3 Å². The van der Waals surface area contributed by atoms with Crippen molar-refractivity contribution < 1.29 is 14.6 Å². The Kier molecular flexibility index (Phi) is 9.26. The molecule has 0 saturated carbocycles. The van der Waals surface area contributed by atoms with Gasteiger partial charge >= 0.3 is 0 Å². The van der Waals surface area contributed by atoms with Crippen LogP contribution in [-0.4, -0.2) is 34.2 Å². The number of ether oxygens (including phenoxy) is 2. The van der Waals surface area contributed by atoms with E-state index in [0.29, 0.717) is 41.8 Å². The van der Waals surface area contributed by atoms with Crippen LogP contribution in [0.5, 0.6) is 11.5 Å². The molecule has 0 spiro atoms. The number of halogens is 2. The van der Waals surface area contributed by atoms with E-state index in [9.17, 15) is 10.4 Å². The second-order valence-electron chi connectivity index (χ2n) is 10.3. The number of aromatic nitrogens is 1. The minimum atomic E-state index is -0.322. The molecular formula is C33H31BrClN3O3. The summed E-state index contributed by atoms with van der Waals surface area (Å²) in [6.07, 6.45) is 3.64. The zero-order valence-corrected chi connectivity index (χ0v) is 25.4.